The molecule has 0 saturated carbocycles. The van der Waals surface area contributed by atoms with Gasteiger partial charge in [0.25, 0.3) is 5.56 Å². The van der Waals surface area contributed by atoms with Gasteiger partial charge >= 0.3 is 0 Å². The fourth-order valence-electron chi connectivity index (χ4n) is 2.14. The van der Waals surface area contributed by atoms with Gasteiger partial charge in [-0.05, 0) is 12.5 Å². The molecule has 0 unspecified atom stereocenters. The van der Waals surface area contributed by atoms with E-state index in [1.165, 1.54) is 4.57 Å². The molecule has 0 saturated heterocycles. The number of rotatable bonds is 1. The van der Waals surface area contributed by atoms with Gasteiger partial charge in [-0.25, -0.2) is 4.98 Å². The van der Waals surface area contributed by atoms with Gasteiger partial charge in [-0.2, -0.15) is 0 Å². The van der Waals surface area contributed by atoms with Crippen LogP contribution >= 0.6 is 11.3 Å². The van der Waals surface area contributed by atoms with Crippen LogP contribution in [0.15, 0.2) is 41.5 Å². The Hall–Kier alpha value is -1.94. The van der Waals surface area contributed by atoms with Crippen molar-refractivity contribution in [3.8, 4) is 11.1 Å². The minimum atomic E-state index is 0.0169. The van der Waals surface area contributed by atoms with Crippen molar-refractivity contribution in [2.75, 3.05) is 0 Å². The summed E-state index contributed by atoms with van der Waals surface area (Å²) < 4.78 is 1.53. The number of thiophene rings is 1. The molecule has 0 radical (unpaired) electrons. The molecule has 0 aliphatic rings. The van der Waals surface area contributed by atoms with E-state index >= 15 is 0 Å². The van der Waals surface area contributed by atoms with Crippen molar-refractivity contribution < 1.29 is 0 Å². The molecule has 3 aromatic rings. The Bertz CT molecular complexity index is 772. The normalized spacial score (nSPS) is 11.0. The molecule has 2 aromatic heterocycles. The highest BCUT2D eigenvalue weighted by atomic mass is 32.1. The van der Waals surface area contributed by atoms with Gasteiger partial charge in [0.2, 0.25) is 0 Å². The Balaban J connectivity index is 2.46. The fourth-order valence-corrected chi connectivity index (χ4v) is 3.14. The smallest absolute Gasteiger partial charge is 0.262 e. The van der Waals surface area contributed by atoms with Crippen LogP contribution in [-0.4, -0.2) is 9.55 Å². The van der Waals surface area contributed by atoms with Crippen molar-refractivity contribution in [1.29, 1.82) is 0 Å². The van der Waals surface area contributed by atoms with Crippen molar-refractivity contribution in [1.82, 2.24) is 9.55 Å². The minimum absolute atomic E-state index is 0.0169. The second-order valence-corrected chi connectivity index (χ2v) is 5.44. The molecule has 0 spiro atoms. The maximum absolute atomic E-state index is 12.3. The average Bonchev–Trinajstić information content (AvgIpc) is 2.72. The summed E-state index contributed by atoms with van der Waals surface area (Å²) >= 11 is 1.57. The van der Waals surface area contributed by atoms with Crippen LogP contribution in [0.5, 0.6) is 0 Å². The van der Waals surface area contributed by atoms with E-state index in [9.17, 15) is 4.79 Å². The molecule has 0 fully saturated rings. The number of aryl methyl sites for hydroxylation is 2. The monoisotopic (exact) mass is 256 g/mol. The molecular weight excluding hydrogens is 244 g/mol. The van der Waals surface area contributed by atoms with Crippen LogP contribution < -0.4 is 5.56 Å². The first-order valence-electron chi connectivity index (χ1n) is 5.68. The SMILES string of the molecule is Cc1sc2ncn(C)c(=O)c2c1-c1ccccc1. The zero-order valence-electron chi connectivity index (χ0n) is 10.2. The minimum Gasteiger partial charge on any atom is -0.302 e. The van der Waals surface area contributed by atoms with E-state index < -0.39 is 0 Å². The van der Waals surface area contributed by atoms with Crippen molar-refractivity contribution in [3.05, 3.63) is 51.9 Å². The Morgan fingerprint density at radius 1 is 1.22 bits per heavy atom. The molecule has 0 aliphatic carbocycles. The molecule has 4 heteroatoms. The largest absolute Gasteiger partial charge is 0.302 e. The lowest BCUT2D eigenvalue weighted by molar-refractivity contribution is 0.845. The molecule has 1 aromatic carbocycles. The molecule has 3 nitrogen and oxygen atoms in total. The first-order chi connectivity index (χ1) is 8.68. The summed E-state index contributed by atoms with van der Waals surface area (Å²) in [6, 6.07) is 10.0. The number of hydrogen-bond donors (Lipinski definition) is 0. The van der Waals surface area contributed by atoms with Crippen LogP contribution in [0.4, 0.5) is 0 Å². The van der Waals surface area contributed by atoms with E-state index in [2.05, 4.69) is 4.98 Å². The maximum atomic E-state index is 12.3. The first-order valence-corrected chi connectivity index (χ1v) is 6.50. The zero-order valence-corrected chi connectivity index (χ0v) is 11.0. The van der Waals surface area contributed by atoms with E-state index in [0.717, 1.165) is 26.2 Å². The highest BCUT2D eigenvalue weighted by Crippen LogP contribution is 2.34. The Morgan fingerprint density at radius 2 is 1.94 bits per heavy atom. The van der Waals surface area contributed by atoms with Gasteiger partial charge in [0.15, 0.2) is 0 Å². The lowest BCUT2D eigenvalue weighted by atomic mass is 10.0. The molecule has 0 amide bonds. The topological polar surface area (TPSA) is 34.9 Å². The van der Waals surface area contributed by atoms with Gasteiger partial charge in [-0.3, -0.25) is 4.79 Å². The van der Waals surface area contributed by atoms with Crippen LogP contribution in [0.1, 0.15) is 4.88 Å². The summed E-state index contributed by atoms with van der Waals surface area (Å²) in [5.41, 5.74) is 2.11. The van der Waals surface area contributed by atoms with Gasteiger partial charge in [0.1, 0.15) is 4.83 Å². The average molecular weight is 256 g/mol. The van der Waals surface area contributed by atoms with E-state index in [1.807, 2.05) is 37.3 Å². The molecule has 18 heavy (non-hydrogen) atoms. The predicted octanol–water partition coefficient (Wildman–Crippen LogP) is 2.97. The summed E-state index contributed by atoms with van der Waals surface area (Å²) in [4.78, 5) is 18.5. The molecule has 90 valence electrons. The molecule has 0 bridgehead atoms. The number of hydrogen-bond acceptors (Lipinski definition) is 3. The van der Waals surface area contributed by atoms with Gasteiger partial charge in [-0.15, -0.1) is 11.3 Å². The van der Waals surface area contributed by atoms with Crippen molar-refractivity contribution in [2.45, 2.75) is 6.92 Å². The van der Waals surface area contributed by atoms with Gasteiger partial charge in [0, 0.05) is 17.5 Å². The second kappa shape index (κ2) is 4.07. The lowest BCUT2D eigenvalue weighted by Crippen LogP contribution is -2.16. The van der Waals surface area contributed by atoms with Gasteiger partial charge < -0.3 is 4.57 Å². The number of aromatic nitrogens is 2. The Labute approximate surface area is 108 Å². The van der Waals surface area contributed by atoms with E-state index in [0.29, 0.717) is 0 Å². The lowest BCUT2D eigenvalue weighted by Gasteiger charge is -2.02. The molecule has 0 aliphatic heterocycles. The van der Waals surface area contributed by atoms with E-state index in [1.54, 1.807) is 24.7 Å². The summed E-state index contributed by atoms with van der Waals surface area (Å²) in [5.74, 6) is 0. The third kappa shape index (κ3) is 1.57. The van der Waals surface area contributed by atoms with Crippen LogP contribution in [0, 0.1) is 6.92 Å². The molecule has 3 rings (SSSR count). The third-order valence-electron chi connectivity index (χ3n) is 3.01. The van der Waals surface area contributed by atoms with Crippen LogP contribution in [0.3, 0.4) is 0 Å². The second-order valence-electron chi connectivity index (χ2n) is 4.24. The Morgan fingerprint density at radius 3 is 2.67 bits per heavy atom. The van der Waals surface area contributed by atoms with Crippen molar-refractivity contribution in [2.24, 2.45) is 7.05 Å². The molecular formula is C14H12N2OS. The maximum Gasteiger partial charge on any atom is 0.262 e. The molecule has 0 N–H and O–H groups in total. The highest BCUT2D eigenvalue weighted by molar-refractivity contribution is 7.19. The summed E-state index contributed by atoms with van der Waals surface area (Å²) in [6.07, 6.45) is 1.58. The Kier molecular flexibility index (Phi) is 2.52. The number of nitrogens with zero attached hydrogens (tertiary/aromatic N) is 2. The summed E-state index contributed by atoms with van der Waals surface area (Å²) in [5, 5.41) is 0.730. The van der Waals surface area contributed by atoms with Crippen LogP contribution in [0.25, 0.3) is 21.3 Å². The molecule has 0 atom stereocenters. The third-order valence-corrected chi connectivity index (χ3v) is 4.02. The van der Waals surface area contributed by atoms with Crippen LogP contribution in [-0.2, 0) is 7.05 Å². The van der Waals surface area contributed by atoms with E-state index in [-0.39, 0.29) is 5.56 Å². The molecule has 2 heterocycles. The summed E-state index contributed by atoms with van der Waals surface area (Å²) in [7, 11) is 1.73. The van der Waals surface area contributed by atoms with Crippen molar-refractivity contribution >= 4 is 21.6 Å². The van der Waals surface area contributed by atoms with Crippen molar-refractivity contribution in [3.63, 3.8) is 0 Å². The number of fused-ring (bicyclic) bond motifs is 1. The first kappa shape index (κ1) is 11.2. The van der Waals surface area contributed by atoms with Gasteiger partial charge in [0.05, 0.1) is 11.7 Å². The number of benzene rings is 1. The van der Waals surface area contributed by atoms with E-state index in [4.69, 9.17) is 0 Å². The van der Waals surface area contributed by atoms with Gasteiger partial charge in [-0.1, -0.05) is 30.3 Å². The standard InChI is InChI=1S/C14H12N2OS/c1-9-11(10-6-4-3-5-7-10)12-13(18-9)15-8-16(2)14(12)17/h3-8H,1-2H3. The van der Waals surface area contributed by atoms with Crippen LogP contribution in [0.2, 0.25) is 0 Å². The fraction of sp³-hybridized carbons (Fsp3) is 0.143. The zero-order chi connectivity index (χ0) is 12.7. The quantitative estimate of drug-likeness (QED) is 0.671. The predicted molar refractivity (Wildman–Crippen MR) is 75.0 cm³/mol. The highest BCUT2D eigenvalue weighted by Gasteiger charge is 2.15. The summed E-state index contributed by atoms with van der Waals surface area (Å²) in [6.45, 7) is 2.04.